The number of hydrogen-bond acceptors (Lipinski definition) is 4. The van der Waals surface area contributed by atoms with Crippen molar-refractivity contribution in [3.8, 4) is 0 Å². The number of aliphatic hydroxyl groups is 1. The standard InChI is InChI=1S/C20H28BClFNO3/c1-19(2)20(3,4)27-21(26-19)18(23)16(15-7-5-6-8-17(15)22)12-24-10-9-14(11-24)13-25/h5-8,14,25H,9-13H2,1-4H3. The molecular weight excluding hydrogens is 367 g/mol. The first-order chi connectivity index (χ1) is 12.6. The fraction of sp³-hybridized carbons (Fsp3) is 0.600. The third kappa shape index (κ3) is 4.25. The van der Waals surface area contributed by atoms with Crippen molar-refractivity contribution in [2.24, 2.45) is 5.92 Å². The Hall–Kier alpha value is -0.915. The van der Waals surface area contributed by atoms with E-state index in [2.05, 4.69) is 4.90 Å². The predicted octanol–water partition coefficient (Wildman–Crippen LogP) is 3.97. The highest BCUT2D eigenvalue weighted by molar-refractivity contribution is 6.55. The van der Waals surface area contributed by atoms with E-state index in [9.17, 15) is 5.11 Å². The molecule has 1 unspecified atom stereocenters. The van der Waals surface area contributed by atoms with Crippen molar-refractivity contribution >= 4 is 24.3 Å². The molecule has 2 heterocycles. The van der Waals surface area contributed by atoms with Gasteiger partial charge in [-0.2, -0.15) is 0 Å². The second kappa shape index (κ2) is 7.84. The molecule has 0 aliphatic carbocycles. The van der Waals surface area contributed by atoms with Gasteiger partial charge in [0, 0.05) is 30.3 Å². The van der Waals surface area contributed by atoms with Crippen LogP contribution in [0, 0.1) is 5.92 Å². The lowest BCUT2D eigenvalue weighted by molar-refractivity contribution is 0.00578. The lowest BCUT2D eigenvalue weighted by Crippen LogP contribution is -2.41. The highest BCUT2D eigenvalue weighted by Crippen LogP contribution is 2.41. The van der Waals surface area contributed by atoms with Gasteiger partial charge in [0.1, 0.15) is 5.73 Å². The molecule has 0 aromatic heterocycles. The molecule has 3 rings (SSSR count). The molecule has 2 aliphatic rings. The fourth-order valence-corrected chi connectivity index (χ4v) is 3.76. The zero-order valence-corrected chi connectivity index (χ0v) is 17.2. The lowest BCUT2D eigenvalue weighted by Gasteiger charge is -2.32. The van der Waals surface area contributed by atoms with Gasteiger partial charge in [0.05, 0.1) is 11.2 Å². The zero-order chi connectivity index (χ0) is 19.8. The molecule has 148 valence electrons. The highest BCUT2D eigenvalue weighted by atomic mass is 35.5. The number of nitrogens with zero attached hydrogens (tertiary/aromatic N) is 1. The average Bonchev–Trinajstić information content (AvgIpc) is 3.14. The Labute approximate surface area is 166 Å². The van der Waals surface area contributed by atoms with Crippen LogP contribution < -0.4 is 0 Å². The van der Waals surface area contributed by atoms with E-state index in [1.54, 1.807) is 6.07 Å². The van der Waals surface area contributed by atoms with Crippen LogP contribution in [-0.2, 0) is 9.31 Å². The minimum absolute atomic E-state index is 0.154. The van der Waals surface area contributed by atoms with Gasteiger partial charge in [0.2, 0.25) is 0 Å². The third-order valence-electron chi connectivity index (χ3n) is 5.96. The van der Waals surface area contributed by atoms with Crippen LogP contribution in [0.4, 0.5) is 4.39 Å². The van der Waals surface area contributed by atoms with Gasteiger partial charge in [0.15, 0.2) is 0 Å². The monoisotopic (exact) mass is 395 g/mol. The largest absolute Gasteiger partial charge is 0.525 e. The molecule has 27 heavy (non-hydrogen) atoms. The van der Waals surface area contributed by atoms with Crippen LogP contribution in [-0.4, -0.2) is 54.6 Å². The van der Waals surface area contributed by atoms with Crippen molar-refractivity contribution in [1.82, 2.24) is 4.90 Å². The Morgan fingerprint density at radius 3 is 2.44 bits per heavy atom. The van der Waals surface area contributed by atoms with Gasteiger partial charge in [-0.15, -0.1) is 0 Å². The Kier molecular flexibility index (Phi) is 6.04. The predicted molar refractivity (Wildman–Crippen MR) is 107 cm³/mol. The molecule has 1 aromatic carbocycles. The minimum atomic E-state index is -1.06. The van der Waals surface area contributed by atoms with Gasteiger partial charge in [-0.3, -0.25) is 4.90 Å². The maximum Gasteiger partial charge on any atom is 0.525 e. The number of hydrogen-bond donors (Lipinski definition) is 1. The van der Waals surface area contributed by atoms with Crippen LogP contribution in [0.1, 0.15) is 39.7 Å². The smallest absolute Gasteiger partial charge is 0.398 e. The van der Waals surface area contributed by atoms with Crippen LogP contribution in [0.5, 0.6) is 0 Å². The molecule has 2 saturated heterocycles. The SMILES string of the molecule is CC1(C)OB(C(F)=C(CN2CCC(CO)C2)c2ccccc2Cl)OC1(C)C. The maximum absolute atomic E-state index is 15.7. The molecule has 7 heteroatoms. The van der Waals surface area contributed by atoms with Crippen molar-refractivity contribution in [2.75, 3.05) is 26.2 Å². The molecule has 1 aromatic rings. The normalized spacial score (nSPS) is 25.7. The van der Waals surface area contributed by atoms with E-state index < -0.39 is 24.0 Å². The summed E-state index contributed by atoms with van der Waals surface area (Å²) in [5, 5.41) is 9.90. The average molecular weight is 396 g/mol. The summed E-state index contributed by atoms with van der Waals surface area (Å²) in [6.07, 6.45) is 0.907. The van der Waals surface area contributed by atoms with Crippen LogP contribution in [0.3, 0.4) is 0 Å². The van der Waals surface area contributed by atoms with Gasteiger partial charge in [-0.1, -0.05) is 29.8 Å². The van der Waals surface area contributed by atoms with Crippen LogP contribution in [0.25, 0.3) is 5.57 Å². The van der Waals surface area contributed by atoms with Crippen molar-refractivity contribution in [3.63, 3.8) is 0 Å². The topological polar surface area (TPSA) is 41.9 Å². The highest BCUT2D eigenvalue weighted by Gasteiger charge is 2.53. The summed E-state index contributed by atoms with van der Waals surface area (Å²) in [7, 11) is -1.06. The Morgan fingerprint density at radius 2 is 1.89 bits per heavy atom. The number of rotatable bonds is 5. The summed E-state index contributed by atoms with van der Waals surface area (Å²) in [6, 6.07) is 7.25. The molecule has 0 radical (unpaired) electrons. The number of benzene rings is 1. The summed E-state index contributed by atoms with van der Waals surface area (Å²) in [5.74, 6) is 0.234. The molecule has 0 amide bonds. The number of halogens is 2. The van der Waals surface area contributed by atoms with Gasteiger partial charge >= 0.3 is 7.12 Å². The number of aliphatic hydroxyl groups excluding tert-OH is 1. The molecule has 2 fully saturated rings. The Morgan fingerprint density at radius 1 is 1.26 bits per heavy atom. The van der Waals surface area contributed by atoms with E-state index in [1.807, 2.05) is 45.9 Å². The van der Waals surface area contributed by atoms with Gasteiger partial charge in [-0.25, -0.2) is 4.39 Å². The second-order valence-corrected chi connectivity index (χ2v) is 8.87. The maximum atomic E-state index is 15.7. The summed E-state index contributed by atoms with van der Waals surface area (Å²) >= 11 is 6.38. The van der Waals surface area contributed by atoms with Crippen molar-refractivity contribution in [3.05, 3.63) is 40.6 Å². The van der Waals surface area contributed by atoms with Gasteiger partial charge < -0.3 is 14.4 Å². The molecule has 0 saturated carbocycles. The summed E-state index contributed by atoms with van der Waals surface area (Å²) in [4.78, 5) is 2.14. The summed E-state index contributed by atoms with van der Waals surface area (Å²) in [6.45, 7) is 9.72. The quantitative estimate of drug-likeness (QED) is 0.766. The van der Waals surface area contributed by atoms with Crippen LogP contribution in [0.2, 0.25) is 5.02 Å². The fourth-order valence-electron chi connectivity index (χ4n) is 3.51. The Balaban J connectivity index is 1.94. The molecule has 4 nitrogen and oxygen atoms in total. The van der Waals surface area contributed by atoms with E-state index >= 15 is 4.39 Å². The molecular formula is C20H28BClFNO3. The third-order valence-corrected chi connectivity index (χ3v) is 6.29. The summed E-state index contributed by atoms with van der Waals surface area (Å²) in [5.41, 5.74) is -0.530. The van der Waals surface area contributed by atoms with Gasteiger partial charge in [0.25, 0.3) is 0 Å². The zero-order valence-electron chi connectivity index (χ0n) is 16.5. The summed E-state index contributed by atoms with van der Waals surface area (Å²) < 4.78 is 27.5. The van der Waals surface area contributed by atoms with Crippen molar-refractivity contribution in [1.29, 1.82) is 0 Å². The van der Waals surface area contributed by atoms with Crippen molar-refractivity contribution in [2.45, 2.75) is 45.3 Å². The van der Waals surface area contributed by atoms with Crippen LogP contribution in [0.15, 0.2) is 30.0 Å². The first-order valence-electron chi connectivity index (χ1n) is 9.47. The van der Waals surface area contributed by atoms with Crippen LogP contribution >= 0.6 is 11.6 Å². The van der Waals surface area contributed by atoms with Gasteiger partial charge in [-0.05, 0) is 58.2 Å². The van der Waals surface area contributed by atoms with E-state index in [1.165, 1.54) is 0 Å². The first-order valence-corrected chi connectivity index (χ1v) is 9.84. The van der Waals surface area contributed by atoms with E-state index in [0.717, 1.165) is 19.5 Å². The van der Waals surface area contributed by atoms with E-state index in [0.29, 0.717) is 22.7 Å². The van der Waals surface area contributed by atoms with E-state index in [4.69, 9.17) is 20.9 Å². The first kappa shape index (κ1) is 20.8. The number of likely N-dealkylation sites (tertiary alicyclic amines) is 1. The minimum Gasteiger partial charge on any atom is -0.398 e. The molecule has 1 atom stereocenters. The lowest BCUT2D eigenvalue weighted by atomic mass is 9.82. The molecule has 1 N–H and O–H groups in total. The molecule has 2 aliphatic heterocycles. The van der Waals surface area contributed by atoms with E-state index in [-0.39, 0.29) is 12.5 Å². The molecule has 0 bridgehead atoms. The Bertz CT molecular complexity index is 709. The second-order valence-electron chi connectivity index (χ2n) is 8.47. The molecule has 0 spiro atoms. The van der Waals surface area contributed by atoms with Crippen molar-refractivity contribution < 1.29 is 18.8 Å².